The van der Waals surface area contributed by atoms with Crippen molar-refractivity contribution in [2.24, 2.45) is 0 Å². The number of rotatable bonds is 3. The zero-order chi connectivity index (χ0) is 20.3. The van der Waals surface area contributed by atoms with Crippen LogP contribution in [0.15, 0.2) is 36.8 Å². The quantitative estimate of drug-likeness (QED) is 0.829. The minimum atomic E-state index is -4.58. The maximum Gasteiger partial charge on any atom is 0.421 e. The molecule has 0 saturated carbocycles. The fraction of sp³-hybridized carbons (Fsp3) is 0.294. The summed E-state index contributed by atoms with van der Waals surface area (Å²) in [5, 5.41) is 11.7. The lowest BCUT2D eigenvalue weighted by molar-refractivity contribution is -0.137. The Kier molecular flexibility index (Phi) is 5.34. The van der Waals surface area contributed by atoms with Crippen LogP contribution < -0.4 is 10.2 Å². The van der Waals surface area contributed by atoms with E-state index in [0.717, 1.165) is 12.5 Å². The summed E-state index contributed by atoms with van der Waals surface area (Å²) in [5.74, 6) is -1.40. The van der Waals surface area contributed by atoms with Gasteiger partial charge in [0.2, 0.25) is 0 Å². The fourth-order valence-corrected chi connectivity index (χ4v) is 2.87. The summed E-state index contributed by atoms with van der Waals surface area (Å²) < 4.78 is 39.4. The van der Waals surface area contributed by atoms with Gasteiger partial charge < -0.3 is 20.2 Å². The highest BCUT2D eigenvalue weighted by Crippen LogP contribution is 2.34. The zero-order valence-electron chi connectivity index (χ0n) is 14.5. The summed E-state index contributed by atoms with van der Waals surface area (Å²) in [6.45, 7) is 0.604. The molecule has 0 aliphatic carbocycles. The van der Waals surface area contributed by atoms with Gasteiger partial charge in [-0.15, -0.1) is 0 Å². The number of urea groups is 1. The molecule has 1 fully saturated rings. The van der Waals surface area contributed by atoms with Gasteiger partial charge in [-0.3, -0.25) is 0 Å². The molecule has 1 aromatic carbocycles. The van der Waals surface area contributed by atoms with E-state index in [1.165, 1.54) is 28.0 Å². The number of nitrogens with one attached hydrogen (secondary N) is 1. The number of carbonyl (C=O) groups is 2. The van der Waals surface area contributed by atoms with Crippen LogP contribution in [0.4, 0.5) is 29.5 Å². The van der Waals surface area contributed by atoms with Gasteiger partial charge in [0, 0.05) is 32.4 Å². The lowest BCUT2D eigenvalue weighted by atomic mass is 10.2. The maximum absolute atomic E-state index is 13.1. The Bertz CT molecular complexity index is 882. The molecular weight excluding hydrogens is 379 g/mol. The lowest BCUT2D eigenvalue weighted by Gasteiger charge is -2.36. The Morgan fingerprint density at radius 1 is 1.11 bits per heavy atom. The predicted octanol–water partition coefficient (Wildman–Crippen LogP) is 2.55. The SMILES string of the molecule is O=C(O)c1ccccc1NC(=O)N1CCN(c2ncncc2C(F)(F)F)CC1. The van der Waals surface area contributed by atoms with Gasteiger partial charge in [0.25, 0.3) is 0 Å². The Hall–Kier alpha value is -3.37. The average molecular weight is 395 g/mol. The lowest BCUT2D eigenvalue weighted by Crippen LogP contribution is -2.50. The molecule has 0 atom stereocenters. The summed E-state index contributed by atoms with van der Waals surface area (Å²) >= 11 is 0. The standard InChI is InChI=1S/C17H16F3N5O3/c18-17(19,20)12-9-21-10-22-14(12)24-5-7-25(8-6-24)16(28)23-13-4-2-1-3-11(13)15(26)27/h1-4,9-10H,5-8H2,(H,23,28)(H,26,27). The highest BCUT2D eigenvalue weighted by molar-refractivity contribution is 6.00. The van der Waals surface area contributed by atoms with Gasteiger partial charge in [-0.25, -0.2) is 19.6 Å². The van der Waals surface area contributed by atoms with Crippen molar-refractivity contribution < 1.29 is 27.9 Å². The van der Waals surface area contributed by atoms with E-state index in [0.29, 0.717) is 0 Å². The summed E-state index contributed by atoms with van der Waals surface area (Å²) in [6.07, 6.45) is -2.80. The van der Waals surface area contributed by atoms with Crippen LogP contribution in [0.25, 0.3) is 0 Å². The molecule has 1 aliphatic rings. The van der Waals surface area contributed by atoms with E-state index in [1.807, 2.05) is 0 Å². The highest BCUT2D eigenvalue weighted by Gasteiger charge is 2.37. The Labute approximate surface area is 157 Å². The summed E-state index contributed by atoms with van der Waals surface area (Å²) in [4.78, 5) is 33.7. The molecule has 2 amide bonds. The van der Waals surface area contributed by atoms with Crippen LogP contribution in [0.3, 0.4) is 0 Å². The van der Waals surface area contributed by atoms with E-state index in [-0.39, 0.29) is 43.2 Å². The number of hydrogen-bond donors (Lipinski definition) is 2. The molecule has 2 N–H and O–H groups in total. The summed E-state index contributed by atoms with van der Waals surface area (Å²) in [7, 11) is 0. The van der Waals surface area contributed by atoms with Crippen LogP contribution in [0.5, 0.6) is 0 Å². The molecule has 1 aromatic heterocycles. The van der Waals surface area contributed by atoms with Gasteiger partial charge in [-0.2, -0.15) is 13.2 Å². The molecule has 2 heterocycles. The van der Waals surface area contributed by atoms with E-state index in [2.05, 4.69) is 15.3 Å². The van der Waals surface area contributed by atoms with Crippen molar-refractivity contribution in [1.82, 2.24) is 14.9 Å². The number of carbonyl (C=O) groups excluding carboxylic acids is 1. The average Bonchev–Trinajstić information content (AvgIpc) is 2.67. The van der Waals surface area contributed by atoms with Crippen molar-refractivity contribution in [3.8, 4) is 0 Å². The second kappa shape index (κ2) is 7.71. The number of carboxylic acids is 1. The first kappa shape index (κ1) is 19.4. The van der Waals surface area contributed by atoms with Crippen LogP contribution in [0.1, 0.15) is 15.9 Å². The van der Waals surface area contributed by atoms with E-state index < -0.39 is 23.7 Å². The first-order chi connectivity index (χ1) is 13.3. The van der Waals surface area contributed by atoms with E-state index in [1.54, 1.807) is 6.07 Å². The number of anilines is 2. The molecule has 148 valence electrons. The first-order valence-electron chi connectivity index (χ1n) is 8.28. The number of nitrogens with zero attached hydrogens (tertiary/aromatic N) is 4. The van der Waals surface area contributed by atoms with Crippen LogP contribution >= 0.6 is 0 Å². The van der Waals surface area contributed by atoms with Gasteiger partial charge >= 0.3 is 18.2 Å². The molecule has 0 unspecified atom stereocenters. The van der Waals surface area contributed by atoms with Crippen LogP contribution in [-0.4, -0.2) is 58.2 Å². The van der Waals surface area contributed by atoms with E-state index >= 15 is 0 Å². The Balaban J connectivity index is 1.67. The van der Waals surface area contributed by atoms with Crippen molar-refractivity contribution in [3.05, 3.63) is 47.9 Å². The molecule has 1 saturated heterocycles. The minimum absolute atomic E-state index is 0.0507. The second-order valence-electron chi connectivity index (χ2n) is 6.01. The topological polar surface area (TPSA) is 98.7 Å². The number of amides is 2. The number of para-hydroxylation sites is 1. The third-order valence-corrected chi connectivity index (χ3v) is 4.26. The van der Waals surface area contributed by atoms with Gasteiger partial charge in [-0.05, 0) is 12.1 Å². The molecule has 8 nitrogen and oxygen atoms in total. The molecule has 0 spiro atoms. The molecule has 1 aliphatic heterocycles. The Morgan fingerprint density at radius 2 is 1.79 bits per heavy atom. The third-order valence-electron chi connectivity index (χ3n) is 4.26. The summed E-state index contributed by atoms with van der Waals surface area (Å²) in [6, 6.07) is 5.44. The second-order valence-corrected chi connectivity index (χ2v) is 6.01. The molecule has 0 radical (unpaired) electrons. The Morgan fingerprint density at radius 3 is 2.43 bits per heavy atom. The normalized spacial score (nSPS) is 14.7. The number of piperazine rings is 1. The number of aromatic nitrogens is 2. The van der Waals surface area contributed by atoms with Gasteiger partial charge in [0.15, 0.2) is 0 Å². The largest absolute Gasteiger partial charge is 0.478 e. The van der Waals surface area contributed by atoms with Crippen LogP contribution in [-0.2, 0) is 6.18 Å². The smallest absolute Gasteiger partial charge is 0.421 e. The fourth-order valence-electron chi connectivity index (χ4n) is 2.87. The van der Waals surface area contributed by atoms with Crippen LogP contribution in [0, 0.1) is 0 Å². The van der Waals surface area contributed by atoms with Gasteiger partial charge in [0.1, 0.15) is 17.7 Å². The van der Waals surface area contributed by atoms with Crippen molar-refractivity contribution in [3.63, 3.8) is 0 Å². The molecule has 28 heavy (non-hydrogen) atoms. The van der Waals surface area contributed by atoms with Crippen molar-refractivity contribution >= 4 is 23.5 Å². The predicted molar refractivity (Wildman–Crippen MR) is 93.2 cm³/mol. The number of halogens is 3. The van der Waals surface area contributed by atoms with Crippen molar-refractivity contribution in [2.45, 2.75) is 6.18 Å². The molecule has 2 aromatic rings. The molecule has 3 rings (SSSR count). The maximum atomic E-state index is 13.1. The number of hydrogen-bond acceptors (Lipinski definition) is 5. The number of benzene rings is 1. The van der Waals surface area contributed by atoms with E-state index in [4.69, 9.17) is 5.11 Å². The highest BCUT2D eigenvalue weighted by atomic mass is 19.4. The van der Waals surface area contributed by atoms with Crippen LogP contribution in [0.2, 0.25) is 0 Å². The first-order valence-corrected chi connectivity index (χ1v) is 8.28. The van der Waals surface area contributed by atoms with Crippen molar-refractivity contribution in [1.29, 1.82) is 0 Å². The molecular formula is C17H16F3N5O3. The van der Waals surface area contributed by atoms with Gasteiger partial charge in [-0.1, -0.05) is 12.1 Å². The van der Waals surface area contributed by atoms with Crippen molar-refractivity contribution in [2.75, 3.05) is 36.4 Å². The molecule has 11 heteroatoms. The number of alkyl halides is 3. The minimum Gasteiger partial charge on any atom is -0.478 e. The van der Waals surface area contributed by atoms with Gasteiger partial charge in [0.05, 0.1) is 11.3 Å². The number of aromatic carboxylic acids is 1. The summed E-state index contributed by atoms with van der Waals surface area (Å²) in [5.41, 5.74) is -0.828. The zero-order valence-corrected chi connectivity index (χ0v) is 14.5. The van der Waals surface area contributed by atoms with E-state index in [9.17, 15) is 22.8 Å². The molecule has 0 bridgehead atoms. The monoisotopic (exact) mass is 395 g/mol. The number of carboxylic acid groups (broad SMARTS) is 1. The third kappa shape index (κ3) is 4.13.